The van der Waals surface area contributed by atoms with Crippen LogP contribution in [0.1, 0.15) is 24.0 Å². The van der Waals surface area contributed by atoms with Gasteiger partial charge in [-0.1, -0.05) is 48.5 Å². The molecule has 2 aromatic heterocycles. The van der Waals surface area contributed by atoms with Crippen molar-refractivity contribution in [3.63, 3.8) is 0 Å². The first-order valence-corrected chi connectivity index (χ1v) is 13.6. The molecule has 1 amide bonds. The maximum absolute atomic E-state index is 13.1. The summed E-state index contributed by atoms with van der Waals surface area (Å²) in [6, 6.07) is 24.3. The Morgan fingerprint density at radius 2 is 1.57 bits per heavy atom. The van der Waals surface area contributed by atoms with Crippen LogP contribution in [-0.4, -0.2) is 48.2 Å². The van der Waals surface area contributed by atoms with Gasteiger partial charge in [-0.2, -0.15) is 5.10 Å². The molecule has 5 rings (SSSR count). The second kappa shape index (κ2) is 10.9. The summed E-state index contributed by atoms with van der Waals surface area (Å²) in [4.78, 5) is 14.8. The molecule has 1 aliphatic rings. The van der Waals surface area contributed by atoms with E-state index >= 15 is 0 Å². The largest absolute Gasteiger partial charge is 0.342 e. The van der Waals surface area contributed by atoms with Crippen LogP contribution in [-0.2, 0) is 27.8 Å². The molecule has 0 unspecified atom stereocenters. The number of aromatic nitrogens is 3. The first kappa shape index (κ1) is 23.3. The molecule has 3 heterocycles. The molecule has 0 bridgehead atoms. The van der Waals surface area contributed by atoms with Crippen molar-refractivity contribution in [2.45, 2.75) is 25.0 Å². The molecular formula is C28H30N4O2S. The average Bonchev–Trinajstić information content (AvgIpc) is 3.55. The highest BCUT2D eigenvalue weighted by atomic mass is 32.2. The predicted molar refractivity (Wildman–Crippen MR) is 139 cm³/mol. The SMILES string of the molecule is O=C(C[S@](=O)Cc1cnn(-c2ccccc2)c1-n1cccc1)N1CCC(Cc2ccccc2)CC1. The zero-order valence-electron chi connectivity index (χ0n) is 19.7. The number of likely N-dealkylation sites (tertiary alicyclic amines) is 1. The average molecular weight is 487 g/mol. The minimum absolute atomic E-state index is 0.0144. The molecule has 35 heavy (non-hydrogen) atoms. The van der Waals surface area contributed by atoms with Crippen LogP contribution in [0.25, 0.3) is 11.5 Å². The van der Waals surface area contributed by atoms with Crippen molar-refractivity contribution in [1.29, 1.82) is 0 Å². The molecule has 0 radical (unpaired) electrons. The Bertz CT molecular complexity index is 1260. The van der Waals surface area contributed by atoms with Crippen LogP contribution >= 0.6 is 0 Å². The molecule has 0 saturated carbocycles. The molecule has 1 saturated heterocycles. The number of hydrogen-bond donors (Lipinski definition) is 0. The fraction of sp³-hybridized carbons (Fsp3) is 0.286. The molecule has 6 nitrogen and oxygen atoms in total. The third-order valence-corrected chi connectivity index (χ3v) is 7.80. The van der Waals surface area contributed by atoms with Gasteiger partial charge in [0.05, 0.1) is 17.6 Å². The first-order valence-electron chi connectivity index (χ1n) is 12.1. The van der Waals surface area contributed by atoms with E-state index in [-0.39, 0.29) is 17.4 Å². The monoisotopic (exact) mass is 486 g/mol. The fourth-order valence-corrected chi connectivity index (χ4v) is 5.88. The maximum atomic E-state index is 13.1. The number of hydrogen-bond acceptors (Lipinski definition) is 3. The Morgan fingerprint density at radius 1 is 0.914 bits per heavy atom. The third kappa shape index (κ3) is 5.62. The zero-order valence-corrected chi connectivity index (χ0v) is 20.5. The van der Waals surface area contributed by atoms with Gasteiger partial charge in [-0.3, -0.25) is 9.00 Å². The first-order chi connectivity index (χ1) is 17.2. The van der Waals surface area contributed by atoms with E-state index in [1.54, 1.807) is 6.20 Å². The Labute approximate surface area is 208 Å². The molecular weight excluding hydrogens is 456 g/mol. The summed E-state index contributed by atoms with van der Waals surface area (Å²) in [7, 11) is -1.32. The van der Waals surface area contributed by atoms with Crippen molar-refractivity contribution in [3.8, 4) is 11.5 Å². The Kier molecular flexibility index (Phi) is 7.23. The van der Waals surface area contributed by atoms with Crippen LogP contribution < -0.4 is 0 Å². The van der Waals surface area contributed by atoms with Crippen LogP contribution in [0.2, 0.25) is 0 Å². The highest BCUT2D eigenvalue weighted by Crippen LogP contribution is 2.23. The number of nitrogens with zero attached hydrogens (tertiary/aromatic N) is 4. The minimum atomic E-state index is -1.32. The van der Waals surface area contributed by atoms with E-state index in [9.17, 15) is 9.00 Å². The molecule has 0 spiro atoms. The normalized spacial score (nSPS) is 15.3. The van der Waals surface area contributed by atoms with E-state index in [2.05, 4.69) is 29.4 Å². The summed E-state index contributed by atoms with van der Waals surface area (Å²) in [6.45, 7) is 1.49. The summed E-state index contributed by atoms with van der Waals surface area (Å²) in [5.41, 5.74) is 3.15. The quantitative estimate of drug-likeness (QED) is 0.371. The van der Waals surface area contributed by atoms with Gasteiger partial charge in [0, 0.05) is 41.8 Å². The highest BCUT2D eigenvalue weighted by molar-refractivity contribution is 7.84. The Morgan fingerprint density at radius 3 is 2.26 bits per heavy atom. The lowest BCUT2D eigenvalue weighted by Gasteiger charge is -2.32. The summed E-state index contributed by atoms with van der Waals surface area (Å²) in [5, 5.41) is 4.57. The zero-order chi connectivity index (χ0) is 24.0. The topological polar surface area (TPSA) is 60.1 Å². The van der Waals surface area contributed by atoms with E-state index < -0.39 is 10.8 Å². The van der Waals surface area contributed by atoms with Crippen molar-refractivity contribution in [2.75, 3.05) is 18.8 Å². The molecule has 1 atom stereocenters. The second-order valence-electron chi connectivity index (χ2n) is 9.07. The standard InChI is InChI=1S/C28H30N4O2S/c33-27(30-17-13-24(14-18-30)19-23-9-3-1-4-10-23)22-35(34)21-25-20-29-32(26-11-5-2-6-12-26)28(25)31-15-7-8-16-31/h1-12,15-16,20,24H,13-14,17-19,21-22H2/t35-/m1/s1. The number of para-hydroxylation sites is 1. The molecule has 4 aromatic rings. The van der Waals surface area contributed by atoms with Crippen molar-refractivity contribution in [1.82, 2.24) is 19.2 Å². The lowest BCUT2D eigenvalue weighted by molar-refractivity contribution is -0.129. The third-order valence-electron chi connectivity index (χ3n) is 6.60. The van der Waals surface area contributed by atoms with E-state index in [0.717, 1.165) is 49.4 Å². The van der Waals surface area contributed by atoms with Gasteiger partial charge in [0.1, 0.15) is 11.6 Å². The highest BCUT2D eigenvalue weighted by Gasteiger charge is 2.25. The lowest BCUT2D eigenvalue weighted by Crippen LogP contribution is -2.41. The molecule has 1 aliphatic heterocycles. The van der Waals surface area contributed by atoms with Crippen molar-refractivity contribution in [3.05, 3.63) is 103 Å². The molecule has 2 aromatic carbocycles. The number of rotatable bonds is 8. The molecule has 1 fully saturated rings. The summed E-state index contributed by atoms with van der Waals surface area (Å²) in [6.07, 6.45) is 8.72. The molecule has 180 valence electrons. The van der Waals surface area contributed by atoms with Crippen molar-refractivity contribution in [2.24, 2.45) is 5.92 Å². The Balaban J connectivity index is 1.21. The van der Waals surface area contributed by atoms with Gasteiger partial charge < -0.3 is 9.47 Å². The van der Waals surface area contributed by atoms with Gasteiger partial charge in [-0.15, -0.1) is 0 Å². The van der Waals surface area contributed by atoms with E-state index in [4.69, 9.17) is 0 Å². The fourth-order valence-electron chi connectivity index (χ4n) is 4.77. The minimum Gasteiger partial charge on any atom is -0.342 e. The van der Waals surface area contributed by atoms with Crippen LogP contribution in [0, 0.1) is 5.92 Å². The molecule has 7 heteroatoms. The van der Waals surface area contributed by atoms with Crippen LogP contribution in [0.4, 0.5) is 0 Å². The van der Waals surface area contributed by atoms with Gasteiger partial charge in [-0.05, 0) is 55.0 Å². The smallest absolute Gasteiger partial charge is 0.235 e. The van der Waals surface area contributed by atoms with Crippen molar-refractivity contribution < 1.29 is 9.00 Å². The van der Waals surface area contributed by atoms with Crippen molar-refractivity contribution >= 4 is 16.7 Å². The number of carbonyl (C=O) groups excluding carboxylic acids is 1. The van der Waals surface area contributed by atoms with Crippen LogP contribution in [0.5, 0.6) is 0 Å². The number of benzene rings is 2. The van der Waals surface area contributed by atoms with Crippen LogP contribution in [0.3, 0.4) is 0 Å². The molecule has 0 N–H and O–H groups in total. The van der Waals surface area contributed by atoms with Gasteiger partial charge in [0.15, 0.2) is 0 Å². The summed E-state index contributed by atoms with van der Waals surface area (Å²) >= 11 is 0. The Hall–Kier alpha value is -3.45. The predicted octanol–water partition coefficient (Wildman–Crippen LogP) is 4.39. The van der Waals surface area contributed by atoms with E-state index in [1.165, 1.54) is 5.56 Å². The van der Waals surface area contributed by atoms with Gasteiger partial charge >= 0.3 is 0 Å². The second-order valence-corrected chi connectivity index (χ2v) is 10.5. The van der Waals surface area contributed by atoms with E-state index in [0.29, 0.717) is 5.92 Å². The van der Waals surface area contributed by atoms with Gasteiger partial charge in [0.2, 0.25) is 5.91 Å². The lowest BCUT2D eigenvalue weighted by atomic mass is 9.90. The number of piperidine rings is 1. The number of carbonyl (C=O) groups is 1. The van der Waals surface area contributed by atoms with Crippen LogP contribution in [0.15, 0.2) is 91.4 Å². The summed E-state index contributed by atoms with van der Waals surface area (Å²) in [5.74, 6) is 1.77. The van der Waals surface area contributed by atoms with E-state index in [1.807, 2.05) is 75.1 Å². The summed E-state index contributed by atoms with van der Waals surface area (Å²) < 4.78 is 16.9. The van der Waals surface area contributed by atoms with Gasteiger partial charge in [0.25, 0.3) is 0 Å². The molecule has 0 aliphatic carbocycles. The number of amides is 1. The van der Waals surface area contributed by atoms with Gasteiger partial charge in [-0.25, -0.2) is 4.68 Å². The maximum Gasteiger partial charge on any atom is 0.235 e.